The van der Waals surface area contributed by atoms with Crippen molar-refractivity contribution in [2.24, 2.45) is 0 Å². The summed E-state index contributed by atoms with van der Waals surface area (Å²) in [5, 5.41) is 3.38. The number of benzene rings is 3. The monoisotopic (exact) mass is 389 g/mol. The normalized spacial score (nSPS) is 11.3. The molecular formula is C21H15ClF3NO. The smallest absolute Gasteiger partial charge is 0.326 e. The standard InChI is InChI=1S/C21H15ClF3NO/c1-13(27)26-20-12-16(14-2-7-17(8-3-14)21(23,24)25)6-11-19(20)15-4-9-18(22)10-5-15/h2-12H,1H3,(H,26,27). The number of carbonyl (C=O) groups excluding carboxylic acids is 1. The van der Waals surface area contributed by atoms with E-state index in [9.17, 15) is 18.0 Å². The predicted molar refractivity (Wildman–Crippen MR) is 102 cm³/mol. The summed E-state index contributed by atoms with van der Waals surface area (Å²) in [7, 11) is 0. The zero-order chi connectivity index (χ0) is 19.6. The maximum Gasteiger partial charge on any atom is 0.416 e. The van der Waals surface area contributed by atoms with E-state index in [2.05, 4.69) is 5.32 Å². The van der Waals surface area contributed by atoms with Gasteiger partial charge in [-0.25, -0.2) is 0 Å². The molecule has 27 heavy (non-hydrogen) atoms. The molecule has 0 atom stereocenters. The third kappa shape index (κ3) is 4.49. The zero-order valence-corrected chi connectivity index (χ0v) is 15.0. The Labute approximate surface area is 159 Å². The average molecular weight is 390 g/mol. The first kappa shape index (κ1) is 19.0. The Bertz CT molecular complexity index is 964. The van der Waals surface area contributed by atoms with Crippen molar-refractivity contribution in [1.29, 1.82) is 0 Å². The Balaban J connectivity index is 2.03. The van der Waals surface area contributed by atoms with Crippen LogP contribution < -0.4 is 5.32 Å². The number of rotatable bonds is 3. The van der Waals surface area contributed by atoms with Crippen molar-refractivity contribution in [3.63, 3.8) is 0 Å². The average Bonchev–Trinajstić information content (AvgIpc) is 2.61. The highest BCUT2D eigenvalue weighted by atomic mass is 35.5. The minimum atomic E-state index is -4.38. The molecule has 0 unspecified atom stereocenters. The summed E-state index contributed by atoms with van der Waals surface area (Å²) in [4.78, 5) is 11.6. The number of hydrogen-bond acceptors (Lipinski definition) is 1. The molecule has 0 aliphatic rings. The highest BCUT2D eigenvalue weighted by molar-refractivity contribution is 6.30. The Kier molecular flexibility index (Phi) is 5.24. The van der Waals surface area contributed by atoms with Gasteiger partial charge in [-0.1, -0.05) is 48.0 Å². The molecule has 3 aromatic rings. The third-order valence-corrected chi connectivity index (χ3v) is 4.28. The van der Waals surface area contributed by atoms with Crippen LogP contribution >= 0.6 is 11.6 Å². The topological polar surface area (TPSA) is 29.1 Å². The van der Waals surface area contributed by atoms with E-state index in [4.69, 9.17) is 11.6 Å². The van der Waals surface area contributed by atoms with Gasteiger partial charge >= 0.3 is 6.18 Å². The summed E-state index contributed by atoms with van der Waals surface area (Å²) in [6.45, 7) is 1.40. The first-order chi connectivity index (χ1) is 12.7. The van der Waals surface area contributed by atoms with Gasteiger partial charge in [-0.15, -0.1) is 0 Å². The molecule has 1 amide bonds. The van der Waals surface area contributed by atoms with E-state index in [0.717, 1.165) is 23.3 Å². The van der Waals surface area contributed by atoms with Gasteiger partial charge in [-0.05, 0) is 47.0 Å². The van der Waals surface area contributed by atoms with Gasteiger partial charge in [0.1, 0.15) is 0 Å². The Morgan fingerprint density at radius 3 is 1.96 bits per heavy atom. The largest absolute Gasteiger partial charge is 0.416 e. The van der Waals surface area contributed by atoms with Gasteiger partial charge in [-0.2, -0.15) is 13.2 Å². The molecular weight excluding hydrogens is 375 g/mol. The van der Waals surface area contributed by atoms with E-state index in [0.29, 0.717) is 21.8 Å². The lowest BCUT2D eigenvalue weighted by molar-refractivity contribution is -0.137. The van der Waals surface area contributed by atoms with Crippen LogP contribution in [-0.2, 0) is 11.0 Å². The highest BCUT2D eigenvalue weighted by Gasteiger charge is 2.30. The molecule has 2 nitrogen and oxygen atoms in total. The van der Waals surface area contributed by atoms with E-state index in [-0.39, 0.29) is 5.91 Å². The van der Waals surface area contributed by atoms with Crippen LogP contribution in [0, 0.1) is 0 Å². The minimum absolute atomic E-state index is 0.241. The van der Waals surface area contributed by atoms with Crippen molar-refractivity contribution in [3.05, 3.63) is 77.3 Å². The maximum absolute atomic E-state index is 12.7. The molecule has 6 heteroatoms. The molecule has 0 saturated heterocycles. The van der Waals surface area contributed by atoms with E-state index in [1.165, 1.54) is 19.1 Å². The molecule has 138 valence electrons. The summed E-state index contributed by atoms with van der Waals surface area (Å²) < 4.78 is 38.2. The van der Waals surface area contributed by atoms with Gasteiger partial charge in [0, 0.05) is 23.2 Å². The summed E-state index contributed by atoms with van der Waals surface area (Å²) in [5.41, 5.74) is 2.84. The SMILES string of the molecule is CC(=O)Nc1cc(-c2ccc(C(F)(F)F)cc2)ccc1-c1ccc(Cl)cc1. The van der Waals surface area contributed by atoms with Crippen LogP contribution in [0.2, 0.25) is 5.02 Å². The highest BCUT2D eigenvalue weighted by Crippen LogP contribution is 2.35. The predicted octanol–water partition coefficient (Wildman–Crippen LogP) is 6.65. The van der Waals surface area contributed by atoms with Crippen LogP contribution in [0.5, 0.6) is 0 Å². The first-order valence-electron chi connectivity index (χ1n) is 8.09. The fourth-order valence-electron chi connectivity index (χ4n) is 2.75. The number of nitrogens with one attached hydrogen (secondary N) is 1. The van der Waals surface area contributed by atoms with Crippen molar-refractivity contribution in [1.82, 2.24) is 0 Å². The first-order valence-corrected chi connectivity index (χ1v) is 8.47. The zero-order valence-electron chi connectivity index (χ0n) is 14.3. The second-order valence-electron chi connectivity index (χ2n) is 6.02. The van der Waals surface area contributed by atoms with E-state index in [1.54, 1.807) is 24.3 Å². The molecule has 0 heterocycles. The van der Waals surface area contributed by atoms with E-state index in [1.807, 2.05) is 18.2 Å². The van der Waals surface area contributed by atoms with Gasteiger partial charge < -0.3 is 5.32 Å². The molecule has 0 saturated carbocycles. The molecule has 1 N–H and O–H groups in total. The lowest BCUT2D eigenvalue weighted by Gasteiger charge is -2.14. The van der Waals surface area contributed by atoms with Gasteiger partial charge in [0.2, 0.25) is 5.91 Å². The van der Waals surface area contributed by atoms with Crippen LogP contribution in [0.25, 0.3) is 22.3 Å². The molecule has 0 spiro atoms. The van der Waals surface area contributed by atoms with Crippen molar-refractivity contribution < 1.29 is 18.0 Å². The fraction of sp³-hybridized carbons (Fsp3) is 0.0952. The van der Waals surface area contributed by atoms with Crippen molar-refractivity contribution >= 4 is 23.2 Å². The van der Waals surface area contributed by atoms with Gasteiger partial charge in [0.15, 0.2) is 0 Å². The van der Waals surface area contributed by atoms with E-state index < -0.39 is 11.7 Å². The lowest BCUT2D eigenvalue weighted by Crippen LogP contribution is -2.07. The van der Waals surface area contributed by atoms with Crippen LogP contribution in [0.15, 0.2) is 66.7 Å². The molecule has 0 aliphatic carbocycles. The third-order valence-electron chi connectivity index (χ3n) is 4.03. The van der Waals surface area contributed by atoms with Gasteiger partial charge in [0.25, 0.3) is 0 Å². The molecule has 0 bridgehead atoms. The second kappa shape index (κ2) is 7.45. The Hall–Kier alpha value is -2.79. The van der Waals surface area contributed by atoms with Crippen LogP contribution in [0.4, 0.5) is 18.9 Å². The molecule has 0 aliphatic heterocycles. The molecule has 0 radical (unpaired) electrons. The summed E-state index contributed by atoms with van der Waals surface area (Å²) in [5.74, 6) is -0.241. The minimum Gasteiger partial charge on any atom is -0.326 e. The summed E-state index contributed by atoms with van der Waals surface area (Å²) in [6, 6.07) is 17.4. The lowest BCUT2D eigenvalue weighted by atomic mass is 9.97. The Morgan fingerprint density at radius 2 is 1.41 bits per heavy atom. The number of amides is 1. The van der Waals surface area contributed by atoms with Crippen LogP contribution in [-0.4, -0.2) is 5.91 Å². The summed E-state index contributed by atoms with van der Waals surface area (Å²) in [6.07, 6.45) is -4.38. The van der Waals surface area contributed by atoms with Crippen LogP contribution in [0.3, 0.4) is 0 Å². The molecule has 3 rings (SSSR count). The molecule has 3 aromatic carbocycles. The Morgan fingerprint density at radius 1 is 0.852 bits per heavy atom. The number of carbonyl (C=O) groups is 1. The van der Waals surface area contributed by atoms with Crippen molar-refractivity contribution in [2.75, 3.05) is 5.32 Å². The van der Waals surface area contributed by atoms with E-state index >= 15 is 0 Å². The number of alkyl halides is 3. The molecule has 0 aromatic heterocycles. The van der Waals surface area contributed by atoms with Crippen LogP contribution in [0.1, 0.15) is 12.5 Å². The number of halogens is 4. The molecule has 0 fully saturated rings. The summed E-state index contributed by atoms with van der Waals surface area (Å²) >= 11 is 5.92. The van der Waals surface area contributed by atoms with Crippen molar-refractivity contribution in [3.8, 4) is 22.3 Å². The quantitative estimate of drug-likeness (QED) is 0.533. The second-order valence-corrected chi connectivity index (χ2v) is 6.46. The van der Waals surface area contributed by atoms with Crippen molar-refractivity contribution in [2.45, 2.75) is 13.1 Å². The number of hydrogen-bond donors (Lipinski definition) is 1. The fourth-order valence-corrected chi connectivity index (χ4v) is 2.88. The number of anilines is 1. The van der Waals surface area contributed by atoms with Gasteiger partial charge in [0.05, 0.1) is 5.56 Å². The van der Waals surface area contributed by atoms with Gasteiger partial charge in [-0.3, -0.25) is 4.79 Å². The maximum atomic E-state index is 12.7.